The quantitative estimate of drug-likeness (QED) is 0.182. The molecule has 1 saturated heterocycles. The minimum absolute atomic E-state index is 0.00709. The third-order valence-corrected chi connectivity index (χ3v) is 15.6. The number of carbonyl (C=O) groups is 2. The molecule has 1 heterocycles. The molecule has 1 spiro atoms. The monoisotopic (exact) mass is 704 g/mol. The maximum absolute atomic E-state index is 14.8. The van der Waals surface area contributed by atoms with Crippen LogP contribution in [0.25, 0.3) is 0 Å². The van der Waals surface area contributed by atoms with Crippen molar-refractivity contribution in [1.82, 2.24) is 10.6 Å². The summed E-state index contributed by atoms with van der Waals surface area (Å²) in [6, 6.07) is 5.67. The van der Waals surface area contributed by atoms with Crippen LogP contribution in [0, 0.1) is 45.3 Å². The summed E-state index contributed by atoms with van der Waals surface area (Å²) in [5.41, 5.74) is 2.50. The predicted molar refractivity (Wildman–Crippen MR) is 198 cm³/mol. The molecule has 12 unspecified atom stereocenters. The van der Waals surface area contributed by atoms with Crippen molar-refractivity contribution in [3.05, 3.63) is 40.5 Å². The first kappa shape index (κ1) is 37.2. The van der Waals surface area contributed by atoms with Crippen molar-refractivity contribution in [1.29, 1.82) is 0 Å². The van der Waals surface area contributed by atoms with E-state index in [2.05, 4.69) is 51.3 Å². The van der Waals surface area contributed by atoms with E-state index in [1.165, 1.54) is 5.57 Å². The van der Waals surface area contributed by atoms with Gasteiger partial charge in [0.05, 0.1) is 17.8 Å². The number of aliphatic hydroxyl groups excluding tert-OH is 2. The summed E-state index contributed by atoms with van der Waals surface area (Å²) < 4.78 is 5.81. The Balaban J connectivity index is 1.34. The van der Waals surface area contributed by atoms with Gasteiger partial charge in [0.1, 0.15) is 17.6 Å². The number of nitrogens with one attached hydrogen (secondary N) is 2. The number of benzene rings is 1. The molecule has 5 N–H and O–H groups in total. The second-order valence-electron chi connectivity index (χ2n) is 19.4. The van der Waals surface area contributed by atoms with Crippen LogP contribution in [0.3, 0.4) is 0 Å². The number of phenols is 1. The lowest BCUT2D eigenvalue weighted by molar-refractivity contribution is -0.215. The van der Waals surface area contributed by atoms with Gasteiger partial charge in [0, 0.05) is 41.8 Å². The summed E-state index contributed by atoms with van der Waals surface area (Å²) in [5.74, 6) is 0.582. The molecular weight excluding hydrogens is 640 g/mol. The largest absolute Gasteiger partial charge is 0.508 e. The van der Waals surface area contributed by atoms with E-state index in [9.17, 15) is 24.9 Å². The van der Waals surface area contributed by atoms with Gasteiger partial charge >= 0.3 is 0 Å². The number of hydrogen-bond acceptors (Lipinski definition) is 8. The second-order valence-corrected chi connectivity index (χ2v) is 19.4. The number of rotatable bonds is 10. The predicted octanol–water partition coefficient (Wildman–Crippen LogP) is 6.21. The van der Waals surface area contributed by atoms with Gasteiger partial charge in [0.15, 0.2) is 5.78 Å². The standard InChI is InChI=1S/C43H64N2O6/c1-23(15-32(48)38-40(5,6)51-38)34-29-12-13-33-41(7)19-28(26-16-25(22-44-9)17-27(47)18-26)37(50)39(3,4)36(41)31(45-21-24(2)46)20-43(33)14-10-11-30(35(34)49)42(29,43)8/h16-18,23-24,28,30-33,36,38,44-48H,10-15,19-22H2,1-9H3. The number of hydrogen-bond donors (Lipinski definition) is 5. The molecule has 7 rings (SSSR count). The number of ether oxygens (including phenoxy) is 1. The summed E-state index contributed by atoms with van der Waals surface area (Å²) in [6.07, 6.45) is 5.55. The molecular formula is C43H64N2O6. The second kappa shape index (κ2) is 12.5. The topological polar surface area (TPSA) is 131 Å². The van der Waals surface area contributed by atoms with Crippen LogP contribution < -0.4 is 10.6 Å². The fourth-order valence-corrected chi connectivity index (χ4v) is 13.8. The molecule has 5 fully saturated rings. The fourth-order valence-electron chi connectivity index (χ4n) is 13.8. The number of fused-ring (bicyclic) bond motifs is 2. The summed E-state index contributed by atoms with van der Waals surface area (Å²) in [4.78, 5) is 29.6. The van der Waals surface area contributed by atoms with E-state index in [-0.39, 0.29) is 69.2 Å². The molecule has 12 atom stereocenters. The van der Waals surface area contributed by atoms with Gasteiger partial charge in [-0.15, -0.1) is 0 Å². The Hall–Kier alpha value is -2.10. The highest BCUT2D eigenvalue weighted by Gasteiger charge is 2.75. The van der Waals surface area contributed by atoms with Crippen molar-refractivity contribution >= 4 is 11.6 Å². The van der Waals surface area contributed by atoms with Gasteiger partial charge in [0.2, 0.25) is 0 Å². The van der Waals surface area contributed by atoms with Crippen molar-refractivity contribution in [2.24, 2.45) is 45.3 Å². The van der Waals surface area contributed by atoms with Crippen LogP contribution in [0.5, 0.6) is 5.75 Å². The summed E-state index contributed by atoms with van der Waals surface area (Å²) in [6.45, 7) is 18.2. The minimum atomic E-state index is -0.657. The Bertz CT molecular complexity index is 1610. The van der Waals surface area contributed by atoms with E-state index >= 15 is 0 Å². The highest BCUT2D eigenvalue weighted by molar-refractivity contribution is 6.02. The molecule has 282 valence electrons. The zero-order chi connectivity index (χ0) is 37.1. The molecule has 8 nitrogen and oxygen atoms in total. The Morgan fingerprint density at radius 1 is 1.00 bits per heavy atom. The average molecular weight is 705 g/mol. The maximum atomic E-state index is 14.8. The highest BCUT2D eigenvalue weighted by atomic mass is 16.6. The first-order chi connectivity index (χ1) is 23.8. The zero-order valence-electron chi connectivity index (χ0n) is 32.6. The highest BCUT2D eigenvalue weighted by Crippen LogP contribution is 2.78. The Kier molecular flexibility index (Phi) is 9.11. The van der Waals surface area contributed by atoms with Crippen molar-refractivity contribution in [2.45, 2.75) is 149 Å². The molecule has 6 aliphatic rings. The van der Waals surface area contributed by atoms with Crippen molar-refractivity contribution in [2.75, 3.05) is 13.6 Å². The number of aromatic hydroxyl groups is 1. The number of carbonyl (C=O) groups excluding carboxylic acids is 2. The van der Waals surface area contributed by atoms with Gasteiger partial charge in [-0.1, -0.05) is 52.7 Å². The molecule has 0 aromatic heterocycles. The number of phenolic OH excluding ortho intramolecular Hbond substituents is 1. The van der Waals surface area contributed by atoms with Crippen LogP contribution in [0.15, 0.2) is 29.3 Å². The van der Waals surface area contributed by atoms with E-state index in [4.69, 9.17) is 4.74 Å². The van der Waals surface area contributed by atoms with Gasteiger partial charge in [-0.05, 0) is 130 Å². The van der Waals surface area contributed by atoms with E-state index in [0.717, 1.165) is 55.2 Å². The van der Waals surface area contributed by atoms with Crippen LogP contribution in [-0.2, 0) is 20.9 Å². The molecule has 0 bridgehead atoms. The third kappa shape index (κ3) is 5.46. The molecule has 8 heteroatoms. The Morgan fingerprint density at radius 3 is 2.35 bits per heavy atom. The zero-order valence-corrected chi connectivity index (χ0v) is 32.6. The lowest BCUT2D eigenvalue weighted by Crippen LogP contribution is -2.71. The van der Waals surface area contributed by atoms with Crippen molar-refractivity contribution < 1.29 is 29.6 Å². The molecule has 51 heavy (non-hydrogen) atoms. The van der Waals surface area contributed by atoms with Gasteiger partial charge < -0.3 is 30.7 Å². The van der Waals surface area contributed by atoms with Crippen LogP contribution in [0.1, 0.15) is 124 Å². The summed E-state index contributed by atoms with van der Waals surface area (Å²) in [5, 5.41) is 39.6. The summed E-state index contributed by atoms with van der Waals surface area (Å²) >= 11 is 0. The Morgan fingerprint density at radius 2 is 1.71 bits per heavy atom. The van der Waals surface area contributed by atoms with Crippen LogP contribution in [-0.4, -0.2) is 70.4 Å². The molecule has 1 aromatic rings. The number of epoxide rings is 1. The average Bonchev–Trinajstić information content (AvgIpc) is 3.62. The maximum Gasteiger partial charge on any atom is 0.163 e. The minimum Gasteiger partial charge on any atom is -0.508 e. The number of Topliss-reactive ketones (excluding diaryl/α,β-unsaturated/α-hetero) is 2. The molecule has 1 aliphatic heterocycles. The van der Waals surface area contributed by atoms with Crippen molar-refractivity contribution in [3.8, 4) is 5.75 Å². The molecule has 0 radical (unpaired) electrons. The molecule has 0 amide bonds. The van der Waals surface area contributed by atoms with Gasteiger partial charge in [-0.25, -0.2) is 0 Å². The van der Waals surface area contributed by atoms with Gasteiger partial charge in [-0.3, -0.25) is 9.59 Å². The first-order valence-electron chi connectivity index (χ1n) is 19.9. The number of ketones is 2. The van der Waals surface area contributed by atoms with E-state index in [1.807, 2.05) is 27.8 Å². The SMILES string of the molecule is CNCc1cc(O)cc(C2CC3(C)C(C(NCC(C)O)CC45CCCC6C(=O)C(C(C)CC(O)C7OC7(C)C)=C(CCC34)C65C)C(C)(C)C2=O)c1. The van der Waals surface area contributed by atoms with E-state index in [1.54, 1.807) is 12.1 Å². The third-order valence-electron chi connectivity index (χ3n) is 15.6. The normalized spacial score (nSPS) is 41.0. The van der Waals surface area contributed by atoms with Crippen molar-refractivity contribution in [3.63, 3.8) is 0 Å². The lowest BCUT2D eigenvalue weighted by Gasteiger charge is -2.73. The van der Waals surface area contributed by atoms with Gasteiger partial charge in [-0.2, -0.15) is 0 Å². The molecule has 5 aliphatic carbocycles. The lowest BCUT2D eigenvalue weighted by atomic mass is 9.31. The number of allylic oxidation sites excluding steroid dienone is 2. The first-order valence-corrected chi connectivity index (χ1v) is 19.9. The smallest absolute Gasteiger partial charge is 0.163 e. The van der Waals surface area contributed by atoms with E-state index < -0.39 is 17.6 Å². The molecule has 4 saturated carbocycles. The van der Waals surface area contributed by atoms with Crippen LogP contribution >= 0.6 is 0 Å². The molecule has 1 aromatic carbocycles. The van der Waals surface area contributed by atoms with Gasteiger partial charge in [0.25, 0.3) is 0 Å². The number of aliphatic hydroxyl groups is 2. The van der Waals surface area contributed by atoms with Crippen LogP contribution in [0.2, 0.25) is 0 Å². The van der Waals surface area contributed by atoms with E-state index in [0.29, 0.717) is 37.6 Å². The summed E-state index contributed by atoms with van der Waals surface area (Å²) in [7, 11) is 1.89. The Labute approximate surface area is 305 Å². The fraction of sp³-hybridized carbons (Fsp3) is 0.767. The van der Waals surface area contributed by atoms with Crippen LogP contribution in [0.4, 0.5) is 0 Å².